The van der Waals surface area contributed by atoms with Gasteiger partial charge in [-0.25, -0.2) is 0 Å². The van der Waals surface area contributed by atoms with E-state index in [1.54, 1.807) is 44.9 Å². The molecule has 0 aromatic carbocycles. The molecule has 0 radical (unpaired) electrons. The quantitative estimate of drug-likeness (QED) is 0.557. The number of hydrogen-bond donors (Lipinski definition) is 0. The minimum atomic E-state index is 1.05. The van der Waals surface area contributed by atoms with Crippen LogP contribution in [0.25, 0.3) is 0 Å². The highest BCUT2D eigenvalue weighted by Gasteiger charge is 2.58. The van der Waals surface area contributed by atoms with Gasteiger partial charge in [-0.2, -0.15) is 0 Å². The Morgan fingerprint density at radius 2 is 1.20 bits per heavy atom. The van der Waals surface area contributed by atoms with Crippen molar-refractivity contribution >= 4 is 0 Å². The van der Waals surface area contributed by atoms with Gasteiger partial charge in [0.25, 0.3) is 0 Å². The van der Waals surface area contributed by atoms with Crippen molar-refractivity contribution in [2.45, 2.75) is 51.9 Å². The lowest BCUT2D eigenvalue weighted by Crippen LogP contribution is -2.36. The maximum absolute atomic E-state index is 2.49. The SMILES string of the molecule is CC1CCC2C(C1)C1CC2C2CCCC21. The van der Waals surface area contributed by atoms with E-state index in [-0.39, 0.29) is 0 Å². The summed E-state index contributed by atoms with van der Waals surface area (Å²) in [5.41, 5.74) is 0. The van der Waals surface area contributed by atoms with Crippen LogP contribution in [0.3, 0.4) is 0 Å². The number of rotatable bonds is 0. The molecule has 84 valence electrons. The Bertz CT molecular complexity index is 269. The normalized spacial score (nSPS) is 61.8. The fourth-order valence-corrected chi connectivity index (χ4v) is 6.20. The van der Waals surface area contributed by atoms with E-state index >= 15 is 0 Å². The fourth-order valence-electron chi connectivity index (χ4n) is 6.20. The van der Waals surface area contributed by atoms with E-state index in [2.05, 4.69) is 6.92 Å². The monoisotopic (exact) mass is 204 g/mol. The minimum absolute atomic E-state index is 1.05. The molecule has 0 nitrogen and oxygen atoms in total. The molecule has 0 heterocycles. The van der Waals surface area contributed by atoms with Crippen LogP contribution >= 0.6 is 0 Å². The minimum Gasteiger partial charge on any atom is -0.0625 e. The van der Waals surface area contributed by atoms with Gasteiger partial charge >= 0.3 is 0 Å². The van der Waals surface area contributed by atoms with Gasteiger partial charge in [-0.05, 0) is 73.5 Å². The van der Waals surface area contributed by atoms with Crippen LogP contribution in [0.1, 0.15) is 51.9 Å². The summed E-state index contributed by atoms with van der Waals surface area (Å²) < 4.78 is 0. The first-order valence-electron chi connectivity index (χ1n) is 7.34. The lowest BCUT2D eigenvalue weighted by atomic mass is 9.62. The van der Waals surface area contributed by atoms with Crippen molar-refractivity contribution in [1.82, 2.24) is 0 Å². The van der Waals surface area contributed by atoms with Gasteiger partial charge < -0.3 is 0 Å². The average Bonchev–Trinajstić information content (AvgIpc) is 2.86. The first-order valence-corrected chi connectivity index (χ1v) is 7.34. The largest absolute Gasteiger partial charge is 0.0625 e. The highest BCUT2D eigenvalue weighted by atomic mass is 14.6. The summed E-state index contributed by atoms with van der Waals surface area (Å²) in [6.45, 7) is 2.49. The van der Waals surface area contributed by atoms with Crippen LogP contribution in [0.4, 0.5) is 0 Å². The zero-order valence-corrected chi connectivity index (χ0v) is 9.99. The van der Waals surface area contributed by atoms with Crippen LogP contribution < -0.4 is 0 Å². The molecular weight excluding hydrogens is 180 g/mol. The molecular formula is C15H24. The van der Waals surface area contributed by atoms with E-state index in [0.717, 1.165) is 5.92 Å². The van der Waals surface area contributed by atoms with Crippen LogP contribution in [-0.2, 0) is 0 Å². The molecule has 0 saturated heterocycles. The molecule has 0 aromatic rings. The molecule has 15 heavy (non-hydrogen) atoms. The van der Waals surface area contributed by atoms with Crippen LogP contribution in [0.15, 0.2) is 0 Å². The Kier molecular flexibility index (Phi) is 1.83. The van der Waals surface area contributed by atoms with Gasteiger partial charge in [-0.15, -0.1) is 0 Å². The fraction of sp³-hybridized carbons (Fsp3) is 1.00. The van der Waals surface area contributed by atoms with Gasteiger partial charge in [0, 0.05) is 0 Å². The lowest BCUT2D eigenvalue weighted by Gasteiger charge is -2.43. The number of hydrogen-bond acceptors (Lipinski definition) is 0. The molecule has 2 bridgehead atoms. The third kappa shape index (κ3) is 1.09. The van der Waals surface area contributed by atoms with Crippen molar-refractivity contribution < 1.29 is 0 Å². The summed E-state index contributed by atoms with van der Waals surface area (Å²) in [7, 11) is 0. The molecule has 7 atom stereocenters. The standard InChI is InChI=1S/C15H24/c1-9-5-6-12-13(7-9)15-8-14(12)10-3-2-4-11(10)15/h9-15H,2-8H2,1H3. The second kappa shape index (κ2) is 3.02. The maximum Gasteiger partial charge on any atom is -0.0349 e. The Morgan fingerprint density at radius 1 is 0.600 bits per heavy atom. The second-order valence-electron chi connectivity index (χ2n) is 7.07. The van der Waals surface area contributed by atoms with Gasteiger partial charge in [0.05, 0.1) is 0 Å². The molecule has 4 saturated carbocycles. The predicted octanol–water partition coefficient (Wildman–Crippen LogP) is 4.10. The summed E-state index contributed by atoms with van der Waals surface area (Å²) in [6.07, 6.45) is 11.1. The van der Waals surface area contributed by atoms with Gasteiger partial charge in [-0.3, -0.25) is 0 Å². The first kappa shape index (κ1) is 9.07. The first-order chi connectivity index (χ1) is 7.34. The molecule has 0 aliphatic heterocycles. The highest BCUT2D eigenvalue weighted by Crippen LogP contribution is 2.66. The van der Waals surface area contributed by atoms with Crippen LogP contribution in [-0.4, -0.2) is 0 Å². The smallest absolute Gasteiger partial charge is 0.0349 e. The zero-order valence-electron chi connectivity index (χ0n) is 9.99. The molecule has 0 N–H and O–H groups in total. The summed E-state index contributed by atoms with van der Waals surface area (Å²) in [5, 5.41) is 0. The molecule has 0 amide bonds. The van der Waals surface area contributed by atoms with Gasteiger partial charge in [0.2, 0.25) is 0 Å². The van der Waals surface area contributed by atoms with E-state index in [4.69, 9.17) is 0 Å². The Morgan fingerprint density at radius 3 is 2.00 bits per heavy atom. The maximum atomic E-state index is 2.49. The van der Waals surface area contributed by atoms with Crippen molar-refractivity contribution in [3.63, 3.8) is 0 Å². The topological polar surface area (TPSA) is 0 Å². The second-order valence-corrected chi connectivity index (χ2v) is 7.07. The summed E-state index contributed by atoms with van der Waals surface area (Å²) in [5.74, 6) is 8.19. The lowest BCUT2D eigenvalue weighted by molar-refractivity contribution is 0.0607. The molecule has 4 aliphatic rings. The molecule has 4 aliphatic carbocycles. The average molecular weight is 204 g/mol. The van der Waals surface area contributed by atoms with E-state index in [1.165, 1.54) is 35.5 Å². The highest BCUT2D eigenvalue weighted by molar-refractivity contribution is 5.07. The van der Waals surface area contributed by atoms with Gasteiger partial charge in [0.1, 0.15) is 0 Å². The van der Waals surface area contributed by atoms with Crippen LogP contribution in [0, 0.1) is 41.4 Å². The zero-order chi connectivity index (χ0) is 9.99. The molecule has 7 unspecified atom stereocenters. The van der Waals surface area contributed by atoms with Crippen LogP contribution in [0.5, 0.6) is 0 Å². The Balaban J connectivity index is 1.64. The van der Waals surface area contributed by atoms with E-state index < -0.39 is 0 Å². The molecule has 0 spiro atoms. The molecule has 0 heteroatoms. The molecule has 4 rings (SSSR count). The molecule has 0 aromatic heterocycles. The van der Waals surface area contributed by atoms with Crippen molar-refractivity contribution in [3.8, 4) is 0 Å². The van der Waals surface area contributed by atoms with Crippen molar-refractivity contribution in [2.75, 3.05) is 0 Å². The van der Waals surface area contributed by atoms with Crippen LogP contribution in [0.2, 0.25) is 0 Å². The van der Waals surface area contributed by atoms with Gasteiger partial charge in [0.15, 0.2) is 0 Å². The summed E-state index contributed by atoms with van der Waals surface area (Å²) in [4.78, 5) is 0. The predicted molar refractivity (Wildman–Crippen MR) is 62.4 cm³/mol. The van der Waals surface area contributed by atoms with E-state index in [9.17, 15) is 0 Å². The van der Waals surface area contributed by atoms with Crippen molar-refractivity contribution in [3.05, 3.63) is 0 Å². The summed E-state index contributed by atoms with van der Waals surface area (Å²) in [6, 6.07) is 0. The van der Waals surface area contributed by atoms with E-state index in [1.807, 2.05) is 0 Å². The van der Waals surface area contributed by atoms with E-state index in [0.29, 0.717) is 0 Å². The van der Waals surface area contributed by atoms with Crippen molar-refractivity contribution in [2.24, 2.45) is 41.4 Å². The summed E-state index contributed by atoms with van der Waals surface area (Å²) >= 11 is 0. The van der Waals surface area contributed by atoms with Gasteiger partial charge in [-0.1, -0.05) is 19.8 Å². The Labute approximate surface area is 93.8 Å². The Hall–Kier alpha value is 0. The number of fused-ring (bicyclic) bond motifs is 8. The third-order valence-corrected chi connectivity index (χ3v) is 6.59. The third-order valence-electron chi connectivity index (χ3n) is 6.59. The molecule has 4 fully saturated rings. The van der Waals surface area contributed by atoms with Crippen molar-refractivity contribution in [1.29, 1.82) is 0 Å².